The van der Waals surface area contributed by atoms with Crippen molar-refractivity contribution in [1.29, 1.82) is 0 Å². The van der Waals surface area contributed by atoms with Gasteiger partial charge in [0, 0.05) is 6.54 Å². The number of aromatic nitrogens is 1. The highest BCUT2D eigenvalue weighted by Gasteiger charge is 2.21. The Balaban J connectivity index is 1.76. The Morgan fingerprint density at radius 2 is 1.68 bits per heavy atom. The number of anilines is 1. The molecule has 1 amide bonds. The zero-order chi connectivity index (χ0) is 22.4. The first-order valence-electron chi connectivity index (χ1n) is 10.6. The Morgan fingerprint density at radius 3 is 2.32 bits per heavy atom. The van der Waals surface area contributed by atoms with Gasteiger partial charge in [0.25, 0.3) is 5.91 Å². The van der Waals surface area contributed by atoms with Crippen molar-refractivity contribution in [2.75, 3.05) is 45.3 Å². The average Bonchev–Trinajstić information content (AvgIpc) is 3.18. The molecule has 0 fully saturated rings. The third-order valence-corrected chi connectivity index (χ3v) is 6.13. The Kier molecular flexibility index (Phi) is 7.87. The van der Waals surface area contributed by atoms with E-state index in [9.17, 15) is 4.79 Å². The van der Waals surface area contributed by atoms with Crippen LogP contribution in [0.2, 0.25) is 0 Å². The first-order valence-corrected chi connectivity index (χ1v) is 11.4. The Hall–Kier alpha value is -2.64. The van der Waals surface area contributed by atoms with Crippen LogP contribution in [0.1, 0.15) is 24.5 Å². The average molecular weight is 442 g/mol. The molecular weight excluding hydrogens is 410 g/mol. The number of rotatable bonds is 10. The minimum Gasteiger partial charge on any atom is -0.494 e. The SMILES string of the molecule is CCOc1ccc(OCC(=O)N(CCCN(C)C)c2nc3c(C)c(C)ccc3s2)cc1. The second-order valence-corrected chi connectivity index (χ2v) is 8.76. The van der Waals surface area contributed by atoms with Crippen molar-refractivity contribution in [3.8, 4) is 11.5 Å². The van der Waals surface area contributed by atoms with Gasteiger partial charge in [-0.15, -0.1) is 0 Å². The molecule has 1 aromatic heterocycles. The number of carbonyl (C=O) groups excluding carboxylic acids is 1. The third-order valence-electron chi connectivity index (χ3n) is 5.09. The summed E-state index contributed by atoms with van der Waals surface area (Å²) in [6.45, 7) is 8.17. The van der Waals surface area contributed by atoms with E-state index < -0.39 is 0 Å². The molecule has 0 atom stereocenters. The van der Waals surface area contributed by atoms with Gasteiger partial charge in [0.15, 0.2) is 11.7 Å². The fraction of sp³-hybridized carbons (Fsp3) is 0.417. The van der Waals surface area contributed by atoms with Gasteiger partial charge in [-0.1, -0.05) is 17.4 Å². The Labute approximate surface area is 188 Å². The first-order chi connectivity index (χ1) is 14.9. The molecule has 0 saturated carbocycles. The molecule has 0 radical (unpaired) electrons. The van der Waals surface area contributed by atoms with E-state index in [0.717, 1.165) is 39.6 Å². The van der Waals surface area contributed by atoms with E-state index in [1.165, 1.54) is 5.56 Å². The number of hydrogen-bond donors (Lipinski definition) is 0. The van der Waals surface area contributed by atoms with Crippen LogP contribution in [0.5, 0.6) is 11.5 Å². The smallest absolute Gasteiger partial charge is 0.266 e. The maximum atomic E-state index is 13.1. The molecule has 3 aromatic rings. The lowest BCUT2D eigenvalue weighted by Crippen LogP contribution is -2.36. The second-order valence-electron chi connectivity index (χ2n) is 7.75. The minimum absolute atomic E-state index is 0.0378. The number of aryl methyl sites for hydroxylation is 2. The van der Waals surface area contributed by atoms with Crippen molar-refractivity contribution in [3.63, 3.8) is 0 Å². The lowest BCUT2D eigenvalue weighted by molar-refractivity contribution is -0.120. The maximum absolute atomic E-state index is 13.1. The lowest BCUT2D eigenvalue weighted by atomic mass is 10.1. The molecule has 0 aliphatic heterocycles. The number of benzene rings is 2. The van der Waals surface area contributed by atoms with Gasteiger partial charge in [0.1, 0.15) is 11.5 Å². The predicted octanol–water partition coefficient (Wildman–Crippen LogP) is 4.68. The van der Waals surface area contributed by atoms with Crippen LogP contribution in [0, 0.1) is 13.8 Å². The van der Waals surface area contributed by atoms with E-state index in [-0.39, 0.29) is 12.5 Å². The van der Waals surface area contributed by atoms with Crippen LogP contribution in [0.25, 0.3) is 10.2 Å². The largest absolute Gasteiger partial charge is 0.494 e. The Bertz CT molecular complexity index is 1010. The molecule has 0 spiro atoms. The molecular formula is C24H31N3O3S. The van der Waals surface area contributed by atoms with Gasteiger partial charge in [-0.3, -0.25) is 9.69 Å². The molecule has 0 unspecified atom stereocenters. The van der Waals surface area contributed by atoms with Gasteiger partial charge >= 0.3 is 0 Å². The molecule has 3 rings (SSSR count). The number of thiazole rings is 1. The number of ether oxygens (including phenoxy) is 2. The van der Waals surface area contributed by atoms with Gasteiger partial charge in [0.2, 0.25) is 0 Å². The topological polar surface area (TPSA) is 54.9 Å². The van der Waals surface area contributed by atoms with E-state index in [4.69, 9.17) is 14.5 Å². The van der Waals surface area contributed by atoms with Crippen LogP contribution in [0.4, 0.5) is 5.13 Å². The highest BCUT2D eigenvalue weighted by molar-refractivity contribution is 7.22. The molecule has 31 heavy (non-hydrogen) atoms. The van der Waals surface area contributed by atoms with Gasteiger partial charge in [-0.2, -0.15) is 0 Å². The zero-order valence-electron chi connectivity index (χ0n) is 19.0. The first kappa shape index (κ1) is 23.0. The monoisotopic (exact) mass is 441 g/mol. The number of hydrogen-bond acceptors (Lipinski definition) is 6. The summed E-state index contributed by atoms with van der Waals surface area (Å²) in [6, 6.07) is 11.5. The standard InChI is InChI=1S/C24H31N3O3S/c1-6-29-19-9-11-20(12-10-19)30-16-22(28)27(15-7-14-26(4)5)24-25-23-18(3)17(2)8-13-21(23)31-24/h8-13H,6-7,14-16H2,1-5H3. The van der Waals surface area contributed by atoms with Crippen molar-refractivity contribution in [3.05, 3.63) is 47.5 Å². The number of amides is 1. The Morgan fingerprint density at radius 1 is 1.00 bits per heavy atom. The summed E-state index contributed by atoms with van der Waals surface area (Å²) in [7, 11) is 4.07. The van der Waals surface area contributed by atoms with Crippen molar-refractivity contribution >= 4 is 32.6 Å². The summed E-state index contributed by atoms with van der Waals surface area (Å²) in [4.78, 5) is 21.8. The van der Waals surface area contributed by atoms with Gasteiger partial charge in [-0.25, -0.2) is 4.98 Å². The molecule has 0 aliphatic carbocycles. The molecule has 0 saturated heterocycles. The molecule has 0 bridgehead atoms. The van der Waals surface area contributed by atoms with Crippen LogP contribution in [0.3, 0.4) is 0 Å². The van der Waals surface area contributed by atoms with Crippen LogP contribution in [-0.2, 0) is 4.79 Å². The second kappa shape index (κ2) is 10.6. The molecule has 7 heteroatoms. The minimum atomic E-state index is -0.0962. The predicted molar refractivity (Wildman–Crippen MR) is 128 cm³/mol. The van der Waals surface area contributed by atoms with E-state index in [2.05, 4.69) is 30.9 Å². The normalized spacial score (nSPS) is 11.2. The molecule has 0 N–H and O–H groups in total. The van der Waals surface area contributed by atoms with Crippen LogP contribution in [0.15, 0.2) is 36.4 Å². The zero-order valence-corrected chi connectivity index (χ0v) is 19.8. The number of nitrogens with zero attached hydrogens (tertiary/aromatic N) is 3. The van der Waals surface area contributed by atoms with Crippen LogP contribution in [-0.4, -0.2) is 56.2 Å². The molecule has 2 aromatic carbocycles. The quantitative estimate of drug-likeness (QED) is 0.457. The summed E-state index contributed by atoms with van der Waals surface area (Å²) < 4.78 is 12.3. The van der Waals surface area contributed by atoms with E-state index >= 15 is 0 Å². The molecule has 0 aliphatic rings. The maximum Gasteiger partial charge on any atom is 0.266 e. The molecule has 6 nitrogen and oxygen atoms in total. The van der Waals surface area contributed by atoms with E-state index in [0.29, 0.717) is 18.9 Å². The molecule has 1 heterocycles. The summed E-state index contributed by atoms with van der Waals surface area (Å²) in [5.41, 5.74) is 3.33. The summed E-state index contributed by atoms with van der Waals surface area (Å²) in [6.07, 6.45) is 0.857. The highest BCUT2D eigenvalue weighted by Crippen LogP contribution is 2.32. The summed E-state index contributed by atoms with van der Waals surface area (Å²) >= 11 is 1.55. The third kappa shape index (κ3) is 5.95. The number of carbonyl (C=O) groups is 1. The molecule has 166 valence electrons. The van der Waals surface area contributed by atoms with E-state index in [1.807, 2.05) is 45.3 Å². The van der Waals surface area contributed by atoms with Crippen LogP contribution < -0.4 is 14.4 Å². The van der Waals surface area contributed by atoms with Crippen molar-refractivity contribution in [1.82, 2.24) is 9.88 Å². The van der Waals surface area contributed by atoms with Gasteiger partial charge in [0.05, 0.1) is 16.8 Å². The fourth-order valence-corrected chi connectivity index (χ4v) is 4.29. The van der Waals surface area contributed by atoms with Crippen LogP contribution >= 0.6 is 11.3 Å². The fourth-order valence-electron chi connectivity index (χ4n) is 3.22. The van der Waals surface area contributed by atoms with E-state index in [1.54, 1.807) is 16.2 Å². The highest BCUT2D eigenvalue weighted by atomic mass is 32.1. The summed E-state index contributed by atoms with van der Waals surface area (Å²) in [5, 5.41) is 0.725. The van der Waals surface area contributed by atoms with Gasteiger partial charge in [-0.05, 0) is 89.3 Å². The summed E-state index contributed by atoms with van der Waals surface area (Å²) in [5.74, 6) is 1.33. The van der Waals surface area contributed by atoms with Crippen molar-refractivity contribution in [2.24, 2.45) is 0 Å². The number of fused-ring (bicyclic) bond motifs is 1. The van der Waals surface area contributed by atoms with Crippen molar-refractivity contribution in [2.45, 2.75) is 27.2 Å². The van der Waals surface area contributed by atoms with Crippen molar-refractivity contribution < 1.29 is 14.3 Å². The van der Waals surface area contributed by atoms with Gasteiger partial charge < -0.3 is 14.4 Å². The lowest BCUT2D eigenvalue weighted by Gasteiger charge is -2.21.